The van der Waals surface area contributed by atoms with Gasteiger partial charge in [-0.05, 0) is 24.4 Å². The zero-order valence-electron chi connectivity index (χ0n) is 7.07. The van der Waals surface area contributed by atoms with Crippen molar-refractivity contribution in [1.29, 1.82) is 0 Å². The summed E-state index contributed by atoms with van der Waals surface area (Å²) in [7, 11) is 0. The quantitative estimate of drug-likeness (QED) is 0.577. The predicted molar refractivity (Wildman–Crippen MR) is 55.4 cm³/mol. The first-order valence-electron chi connectivity index (χ1n) is 3.68. The summed E-state index contributed by atoms with van der Waals surface area (Å²) in [4.78, 5) is 14.6. The van der Waals surface area contributed by atoms with Crippen LogP contribution in [-0.2, 0) is 4.79 Å². The van der Waals surface area contributed by atoms with Crippen LogP contribution < -0.4 is 5.32 Å². The monoisotopic (exact) mass is 192 g/mol. The molecule has 0 aliphatic carbocycles. The number of nitrogens with one attached hydrogen (secondary N) is 1. The summed E-state index contributed by atoms with van der Waals surface area (Å²) in [6.07, 6.45) is 0. The van der Waals surface area contributed by atoms with Gasteiger partial charge in [-0.2, -0.15) is 4.99 Å². The van der Waals surface area contributed by atoms with Gasteiger partial charge in [0.25, 0.3) is 0 Å². The van der Waals surface area contributed by atoms with E-state index in [1.54, 1.807) is 12.1 Å². The van der Waals surface area contributed by atoms with Crippen molar-refractivity contribution in [3.8, 4) is 0 Å². The Hall–Kier alpha value is -1.51. The van der Waals surface area contributed by atoms with E-state index >= 15 is 0 Å². The number of nitrogens with zero attached hydrogens (tertiary/aromatic N) is 1. The second-order valence-electron chi connectivity index (χ2n) is 2.40. The molecule has 1 aromatic rings. The van der Waals surface area contributed by atoms with Gasteiger partial charge in [-0.3, -0.25) is 4.79 Å². The van der Waals surface area contributed by atoms with E-state index in [4.69, 9.17) is 0 Å². The molecule has 0 heterocycles. The molecule has 0 aromatic heterocycles. The number of anilines is 1. The Morgan fingerprint density at radius 1 is 1.54 bits per heavy atom. The normalized spacial score (nSPS) is 8.69. The average Bonchev–Trinajstić information content (AvgIpc) is 2.08. The SMILES string of the molecule is CC(=O)Nc1ccccc1N=C=S. The van der Waals surface area contributed by atoms with Crippen LogP contribution >= 0.6 is 12.2 Å². The van der Waals surface area contributed by atoms with Gasteiger partial charge in [0.05, 0.1) is 16.5 Å². The lowest BCUT2D eigenvalue weighted by molar-refractivity contribution is -0.114. The van der Waals surface area contributed by atoms with Crippen molar-refractivity contribution in [2.75, 3.05) is 5.32 Å². The minimum absolute atomic E-state index is 0.132. The lowest BCUT2D eigenvalue weighted by Gasteiger charge is -2.03. The van der Waals surface area contributed by atoms with Crippen molar-refractivity contribution in [2.24, 2.45) is 4.99 Å². The molecule has 1 rings (SSSR count). The number of thiocarbonyl (C=S) groups is 1. The molecule has 1 amide bonds. The summed E-state index contributed by atoms with van der Waals surface area (Å²) < 4.78 is 0. The smallest absolute Gasteiger partial charge is 0.221 e. The third kappa shape index (κ3) is 2.78. The molecule has 1 aromatic carbocycles. The molecule has 3 nitrogen and oxygen atoms in total. The van der Waals surface area contributed by atoms with Gasteiger partial charge in [-0.1, -0.05) is 12.1 Å². The van der Waals surface area contributed by atoms with Crippen LogP contribution in [0.15, 0.2) is 29.3 Å². The zero-order chi connectivity index (χ0) is 9.68. The van der Waals surface area contributed by atoms with Gasteiger partial charge in [-0.25, -0.2) is 0 Å². The topological polar surface area (TPSA) is 41.5 Å². The molecule has 0 saturated carbocycles. The molecule has 4 heteroatoms. The van der Waals surface area contributed by atoms with Gasteiger partial charge in [0.2, 0.25) is 5.91 Å². The van der Waals surface area contributed by atoms with Crippen LogP contribution in [0.5, 0.6) is 0 Å². The Labute approximate surface area is 81.5 Å². The molecule has 0 aliphatic rings. The van der Waals surface area contributed by atoms with Crippen LogP contribution in [0, 0.1) is 0 Å². The second kappa shape index (κ2) is 4.50. The summed E-state index contributed by atoms with van der Waals surface area (Å²) in [6.45, 7) is 1.44. The number of amides is 1. The molecule has 1 N–H and O–H groups in total. The van der Waals surface area contributed by atoms with Crippen molar-refractivity contribution in [3.63, 3.8) is 0 Å². The number of aliphatic imine (C=N–C) groups is 1. The van der Waals surface area contributed by atoms with E-state index in [0.29, 0.717) is 11.4 Å². The maximum absolute atomic E-state index is 10.8. The predicted octanol–water partition coefficient (Wildman–Crippen LogP) is 2.38. The number of hydrogen-bond donors (Lipinski definition) is 1. The summed E-state index contributed by atoms with van der Waals surface area (Å²) >= 11 is 4.48. The van der Waals surface area contributed by atoms with Gasteiger partial charge >= 0.3 is 0 Å². The van der Waals surface area contributed by atoms with Gasteiger partial charge in [0.15, 0.2) is 0 Å². The van der Waals surface area contributed by atoms with Crippen molar-refractivity contribution in [1.82, 2.24) is 0 Å². The summed E-state index contributed by atoms with van der Waals surface area (Å²) in [5.74, 6) is -0.132. The fraction of sp³-hybridized carbons (Fsp3) is 0.111. The van der Waals surface area contributed by atoms with Gasteiger partial charge in [-0.15, -0.1) is 0 Å². The molecule has 0 saturated heterocycles. The number of isothiocyanates is 1. The van der Waals surface area contributed by atoms with Crippen LogP contribution in [-0.4, -0.2) is 11.1 Å². The molecule has 0 bridgehead atoms. The highest BCUT2D eigenvalue weighted by Gasteiger charge is 2.00. The van der Waals surface area contributed by atoms with Crippen LogP contribution in [0.2, 0.25) is 0 Å². The molecule has 0 aliphatic heterocycles. The first-order valence-corrected chi connectivity index (χ1v) is 4.09. The Morgan fingerprint density at radius 3 is 2.85 bits per heavy atom. The Kier molecular flexibility index (Phi) is 3.31. The second-order valence-corrected chi connectivity index (χ2v) is 2.58. The Bertz CT molecular complexity index is 370. The minimum Gasteiger partial charge on any atom is -0.324 e. The molecule has 0 atom stereocenters. The van der Waals surface area contributed by atoms with Crippen LogP contribution in [0.3, 0.4) is 0 Å². The molecule has 13 heavy (non-hydrogen) atoms. The molecular weight excluding hydrogens is 184 g/mol. The first kappa shape index (κ1) is 9.58. The summed E-state index contributed by atoms with van der Waals surface area (Å²) in [5.41, 5.74) is 1.26. The van der Waals surface area contributed by atoms with Gasteiger partial charge < -0.3 is 5.32 Å². The Balaban J connectivity index is 3.04. The van der Waals surface area contributed by atoms with Gasteiger partial charge in [0.1, 0.15) is 0 Å². The van der Waals surface area contributed by atoms with E-state index in [9.17, 15) is 4.79 Å². The highest BCUT2D eigenvalue weighted by Crippen LogP contribution is 2.23. The number of rotatable bonds is 2. The molecular formula is C9H8N2OS. The number of carbonyl (C=O) groups excluding carboxylic acids is 1. The molecule has 0 spiro atoms. The molecule has 0 radical (unpaired) electrons. The van der Waals surface area contributed by atoms with Crippen LogP contribution in [0.4, 0.5) is 11.4 Å². The maximum atomic E-state index is 10.8. The fourth-order valence-electron chi connectivity index (χ4n) is 0.916. The van der Waals surface area contributed by atoms with Crippen LogP contribution in [0.1, 0.15) is 6.92 Å². The minimum atomic E-state index is -0.132. The van der Waals surface area contributed by atoms with Gasteiger partial charge in [0, 0.05) is 6.92 Å². The van der Waals surface area contributed by atoms with E-state index in [0.717, 1.165) is 0 Å². The van der Waals surface area contributed by atoms with Crippen LogP contribution in [0.25, 0.3) is 0 Å². The van der Waals surface area contributed by atoms with E-state index < -0.39 is 0 Å². The molecule has 0 unspecified atom stereocenters. The number of benzene rings is 1. The fourth-order valence-corrected chi connectivity index (χ4v) is 1.01. The number of carbonyl (C=O) groups is 1. The maximum Gasteiger partial charge on any atom is 0.221 e. The van der Waals surface area contributed by atoms with Crippen molar-refractivity contribution in [2.45, 2.75) is 6.92 Å². The standard InChI is InChI=1S/C9H8N2OS/c1-7(12)11-9-5-3-2-4-8(9)10-6-13/h2-5H,1H3,(H,11,12). The zero-order valence-corrected chi connectivity index (χ0v) is 7.89. The highest BCUT2D eigenvalue weighted by atomic mass is 32.1. The highest BCUT2D eigenvalue weighted by molar-refractivity contribution is 7.78. The summed E-state index contributed by atoms with van der Waals surface area (Å²) in [6, 6.07) is 7.14. The van der Waals surface area contributed by atoms with E-state index in [1.165, 1.54) is 6.92 Å². The third-order valence-electron chi connectivity index (χ3n) is 1.38. The van der Waals surface area contributed by atoms with Crippen molar-refractivity contribution >= 4 is 34.7 Å². The molecule has 66 valence electrons. The summed E-state index contributed by atoms with van der Waals surface area (Å²) in [5, 5.41) is 4.89. The van der Waals surface area contributed by atoms with E-state index in [-0.39, 0.29) is 5.91 Å². The first-order chi connectivity index (χ1) is 6.24. The lowest BCUT2D eigenvalue weighted by atomic mass is 10.2. The Morgan fingerprint density at radius 2 is 2.23 bits per heavy atom. The third-order valence-corrected chi connectivity index (χ3v) is 1.47. The van der Waals surface area contributed by atoms with E-state index in [2.05, 4.69) is 27.7 Å². The molecule has 0 fully saturated rings. The number of hydrogen-bond acceptors (Lipinski definition) is 3. The van der Waals surface area contributed by atoms with E-state index in [1.807, 2.05) is 12.1 Å². The van der Waals surface area contributed by atoms with Crippen molar-refractivity contribution < 1.29 is 4.79 Å². The largest absolute Gasteiger partial charge is 0.324 e. The van der Waals surface area contributed by atoms with Crippen molar-refractivity contribution in [3.05, 3.63) is 24.3 Å². The average molecular weight is 192 g/mol. The lowest BCUT2D eigenvalue weighted by Crippen LogP contribution is -2.05. The number of para-hydroxylation sites is 2.